The highest BCUT2D eigenvalue weighted by Crippen LogP contribution is 2.17. The number of hydrogen-bond acceptors (Lipinski definition) is 2. The molecule has 2 rings (SSSR count). The zero-order chi connectivity index (χ0) is 16.5. The summed E-state index contributed by atoms with van der Waals surface area (Å²) >= 11 is 0. The van der Waals surface area contributed by atoms with Gasteiger partial charge in [-0.1, -0.05) is 74.0 Å². The second-order valence-corrected chi connectivity index (χ2v) is 4.59. The predicted octanol–water partition coefficient (Wildman–Crippen LogP) is 5.18. The summed E-state index contributed by atoms with van der Waals surface area (Å²) in [7, 11) is 0. The van der Waals surface area contributed by atoms with Crippen molar-refractivity contribution in [3.05, 3.63) is 60.7 Å². The molecule has 2 nitrogen and oxygen atoms in total. The molecule has 0 aliphatic rings. The Kier molecular flexibility index (Phi) is 14.6. The maximum Gasteiger partial charge on any atom is 0.0437 e. The van der Waals surface area contributed by atoms with Gasteiger partial charge in [0.05, 0.1) is 0 Å². The SMILES string of the molecule is CCCCO.CCOCC.c1ccc(-c2ccccc2)cc1. The topological polar surface area (TPSA) is 29.5 Å². The van der Waals surface area contributed by atoms with Gasteiger partial charge in [-0.15, -0.1) is 0 Å². The zero-order valence-corrected chi connectivity index (χ0v) is 14.2. The first-order chi connectivity index (χ1) is 10.8. The lowest BCUT2D eigenvalue weighted by Crippen LogP contribution is -1.84. The quantitative estimate of drug-likeness (QED) is 0.825. The Balaban J connectivity index is 0.000000372. The van der Waals surface area contributed by atoms with Crippen molar-refractivity contribution in [3.8, 4) is 11.1 Å². The Morgan fingerprint density at radius 1 is 0.727 bits per heavy atom. The molecule has 0 aliphatic heterocycles. The molecule has 0 radical (unpaired) electrons. The van der Waals surface area contributed by atoms with Crippen LogP contribution < -0.4 is 0 Å². The fraction of sp³-hybridized carbons (Fsp3) is 0.400. The van der Waals surface area contributed by atoms with Crippen LogP contribution in [0.25, 0.3) is 11.1 Å². The van der Waals surface area contributed by atoms with Crippen LogP contribution in [0.15, 0.2) is 60.7 Å². The molecule has 0 unspecified atom stereocenters. The number of hydrogen-bond donors (Lipinski definition) is 1. The van der Waals surface area contributed by atoms with Crippen LogP contribution in [0.2, 0.25) is 0 Å². The lowest BCUT2D eigenvalue weighted by Gasteiger charge is -1.98. The molecule has 0 aromatic heterocycles. The summed E-state index contributed by atoms with van der Waals surface area (Å²) in [6.45, 7) is 8.06. The lowest BCUT2D eigenvalue weighted by molar-refractivity contribution is 0.162. The summed E-state index contributed by atoms with van der Waals surface area (Å²) in [5.74, 6) is 0. The van der Waals surface area contributed by atoms with E-state index in [4.69, 9.17) is 9.84 Å². The molecule has 1 N–H and O–H groups in total. The van der Waals surface area contributed by atoms with E-state index >= 15 is 0 Å². The molecule has 22 heavy (non-hydrogen) atoms. The van der Waals surface area contributed by atoms with Crippen LogP contribution in [-0.2, 0) is 4.74 Å². The number of rotatable bonds is 5. The van der Waals surface area contributed by atoms with Crippen LogP contribution >= 0.6 is 0 Å². The summed E-state index contributed by atoms with van der Waals surface area (Å²) in [6.07, 6.45) is 2.04. The first-order valence-electron chi connectivity index (χ1n) is 8.09. The zero-order valence-electron chi connectivity index (χ0n) is 14.2. The standard InChI is InChI=1S/C12H10.2C4H10O/c1-3-7-11(8-4-1)12-9-5-2-6-10-12;1-3-5-4-2;1-2-3-4-5/h1-10H;3-4H2,1-2H3;5H,2-4H2,1H3. The van der Waals surface area contributed by atoms with Crippen molar-refractivity contribution >= 4 is 0 Å². The van der Waals surface area contributed by atoms with E-state index in [2.05, 4.69) is 55.5 Å². The van der Waals surface area contributed by atoms with Gasteiger partial charge in [-0.3, -0.25) is 0 Å². The van der Waals surface area contributed by atoms with E-state index in [1.165, 1.54) is 11.1 Å². The first-order valence-corrected chi connectivity index (χ1v) is 8.09. The van der Waals surface area contributed by atoms with Crippen molar-refractivity contribution in [2.45, 2.75) is 33.6 Å². The molecule has 122 valence electrons. The summed E-state index contributed by atoms with van der Waals surface area (Å²) in [5, 5.41) is 8.07. The molecule has 0 aliphatic carbocycles. The normalized spacial score (nSPS) is 9.09. The Bertz CT molecular complexity index is 378. The predicted molar refractivity (Wildman–Crippen MR) is 96.0 cm³/mol. The molecule has 0 fully saturated rings. The van der Waals surface area contributed by atoms with Crippen molar-refractivity contribution < 1.29 is 9.84 Å². The van der Waals surface area contributed by atoms with Crippen LogP contribution in [0.3, 0.4) is 0 Å². The number of aliphatic hydroxyl groups excluding tert-OH is 1. The van der Waals surface area contributed by atoms with Gasteiger partial charge in [0.25, 0.3) is 0 Å². The smallest absolute Gasteiger partial charge is 0.0437 e. The highest BCUT2D eigenvalue weighted by Gasteiger charge is 1.91. The van der Waals surface area contributed by atoms with Crippen LogP contribution in [0.4, 0.5) is 0 Å². The second-order valence-electron chi connectivity index (χ2n) is 4.59. The van der Waals surface area contributed by atoms with Crippen LogP contribution in [0.1, 0.15) is 33.6 Å². The van der Waals surface area contributed by atoms with E-state index in [1.54, 1.807) is 0 Å². The third-order valence-electron chi connectivity index (χ3n) is 2.80. The summed E-state index contributed by atoms with van der Waals surface area (Å²) in [4.78, 5) is 0. The van der Waals surface area contributed by atoms with E-state index in [0.717, 1.165) is 26.1 Å². The molecule has 0 bridgehead atoms. The molecule has 2 aromatic rings. The highest BCUT2D eigenvalue weighted by molar-refractivity contribution is 5.62. The first kappa shape index (κ1) is 20.4. The Morgan fingerprint density at radius 2 is 1.14 bits per heavy atom. The van der Waals surface area contributed by atoms with Crippen molar-refractivity contribution in [2.75, 3.05) is 19.8 Å². The molecule has 0 saturated heterocycles. The minimum atomic E-state index is 0.344. The maximum atomic E-state index is 8.07. The van der Waals surface area contributed by atoms with E-state index in [9.17, 15) is 0 Å². The van der Waals surface area contributed by atoms with E-state index in [1.807, 2.05) is 26.0 Å². The highest BCUT2D eigenvalue weighted by atomic mass is 16.5. The Labute approximate surface area is 135 Å². The van der Waals surface area contributed by atoms with Gasteiger partial charge in [-0.2, -0.15) is 0 Å². The minimum Gasteiger partial charge on any atom is -0.396 e. The van der Waals surface area contributed by atoms with Crippen molar-refractivity contribution in [3.63, 3.8) is 0 Å². The molecule has 0 spiro atoms. The number of unbranched alkanes of at least 4 members (excludes halogenated alkanes) is 1. The summed E-state index contributed by atoms with van der Waals surface area (Å²) in [6, 6.07) is 20.8. The molecule has 2 aromatic carbocycles. The van der Waals surface area contributed by atoms with Gasteiger partial charge in [0.1, 0.15) is 0 Å². The van der Waals surface area contributed by atoms with E-state index in [-0.39, 0.29) is 0 Å². The molecule has 0 heterocycles. The van der Waals surface area contributed by atoms with Gasteiger partial charge in [0, 0.05) is 19.8 Å². The van der Waals surface area contributed by atoms with Crippen LogP contribution in [-0.4, -0.2) is 24.9 Å². The van der Waals surface area contributed by atoms with Gasteiger partial charge < -0.3 is 9.84 Å². The lowest BCUT2D eigenvalue weighted by atomic mass is 10.1. The number of benzene rings is 2. The number of ether oxygens (including phenoxy) is 1. The fourth-order valence-electron chi connectivity index (χ4n) is 1.62. The molecule has 2 heteroatoms. The molecular formula is C20H30O2. The fourth-order valence-corrected chi connectivity index (χ4v) is 1.62. The van der Waals surface area contributed by atoms with Gasteiger partial charge in [0.2, 0.25) is 0 Å². The Hall–Kier alpha value is -1.64. The molecule has 0 saturated carbocycles. The van der Waals surface area contributed by atoms with Crippen molar-refractivity contribution in [1.82, 2.24) is 0 Å². The monoisotopic (exact) mass is 302 g/mol. The molecule has 0 atom stereocenters. The van der Waals surface area contributed by atoms with Gasteiger partial charge >= 0.3 is 0 Å². The molecular weight excluding hydrogens is 272 g/mol. The van der Waals surface area contributed by atoms with Crippen molar-refractivity contribution in [2.24, 2.45) is 0 Å². The van der Waals surface area contributed by atoms with E-state index < -0.39 is 0 Å². The summed E-state index contributed by atoms with van der Waals surface area (Å²) in [5.41, 5.74) is 2.55. The third-order valence-corrected chi connectivity index (χ3v) is 2.80. The van der Waals surface area contributed by atoms with Crippen molar-refractivity contribution in [1.29, 1.82) is 0 Å². The second kappa shape index (κ2) is 15.7. The average Bonchev–Trinajstić information content (AvgIpc) is 2.59. The van der Waals surface area contributed by atoms with E-state index in [0.29, 0.717) is 6.61 Å². The Morgan fingerprint density at radius 3 is 1.32 bits per heavy atom. The molecule has 0 amide bonds. The van der Waals surface area contributed by atoms with Gasteiger partial charge in [-0.05, 0) is 31.4 Å². The van der Waals surface area contributed by atoms with Crippen LogP contribution in [0, 0.1) is 0 Å². The van der Waals surface area contributed by atoms with Gasteiger partial charge in [0.15, 0.2) is 0 Å². The summed E-state index contributed by atoms with van der Waals surface area (Å²) < 4.78 is 4.83. The van der Waals surface area contributed by atoms with Crippen LogP contribution in [0.5, 0.6) is 0 Å². The van der Waals surface area contributed by atoms with Gasteiger partial charge in [-0.25, -0.2) is 0 Å². The largest absolute Gasteiger partial charge is 0.396 e. The average molecular weight is 302 g/mol. The number of aliphatic hydroxyl groups is 1. The minimum absolute atomic E-state index is 0.344. The third kappa shape index (κ3) is 11.1. The maximum absolute atomic E-state index is 8.07.